The number of halogens is 2. The Labute approximate surface area is 190 Å². The van der Waals surface area contributed by atoms with Gasteiger partial charge in [-0.25, -0.2) is 4.98 Å². The number of nitrogens with two attached hydrogens (primary N) is 1. The standard InChI is InChI=1S/C23H28N4O.2ClH/c1-23(24)13-5-4-6-19(23)22(28)25-14-17-9-11-18(12-10-17)15-27-16-26-20-7-2-3-8-21(20)27;;/h2-3,7-12,16,19H,4-6,13-15,24H2,1H3,(H,25,28);2*1H. The van der Waals surface area contributed by atoms with Crippen LogP contribution in [0, 0.1) is 5.92 Å². The van der Waals surface area contributed by atoms with Crippen LogP contribution in [-0.4, -0.2) is 21.0 Å². The number of amides is 1. The van der Waals surface area contributed by atoms with Gasteiger partial charge in [0.25, 0.3) is 0 Å². The predicted molar refractivity (Wildman–Crippen MR) is 126 cm³/mol. The number of rotatable bonds is 5. The zero-order chi connectivity index (χ0) is 19.6. The van der Waals surface area contributed by atoms with Crippen molar-refractivity contribution < 1.29 is 4.79 Å². The molecule has 2 atom stereocenters. The van der Waals surface area contributed by atoms with Crippen molar-refractivity contribution in [3.05, 3.63) is 66.0 Å². The number of imidazole rings is 1. The molecule has 3 aromatic rings. The summed E-state index contributed by atoms with van der Waals surface area (Å²) in [5.41, 5.74) is 10.4. The van der Waals surface area contributed by atoms with Crippen LogP contribution in [0.1, 0.15) is 43.7 Å². The molecule has 0 radical (unpaired) electrons. The summed E-state index contributed by atoms with van der Waals surface area (Å²) in [5.74, 6) is -0.00583. The zero-order valence-corrected chi connectivity index (χ0v) is 18.8. The predicted octanol–water partition coefficient (Wildman–Crippen LogP) is 4.45. The summed E-state index contributed by atoms with van der Waals surface area (Å²) in [4.78, 5) is 17.0. The fraction of sp³-hybridized carbons (Fsp3) is 0.391. The van der Waals surface area contributed by atoms with Gasteiger partial charge in [-0.1, -0.05) is 49.2 Å². The minimum absolute atomic E-state index is 0. The highest BCUT2D eigenvalue weighted by molar-refractivity contribution is 5.85. The van der Waals surface area contributed by atoms with Gasteiger partial charge in [-0.2, -0.15) is 0 Å². The Hall–Kier alpha value is -2.08. The number of carbonyl (C=O) groups excluding carboxylic acids is 1. The third kappa shape index (κ3) is 5.34. The molecule has 30 heavy (non-hydrogen) atoms. The van der Waals surface area contributed by atoms with Crippen LogP contribution in [0.5, 0.6) is 0 Å². The normalized spacial score (nSPS) is 20.8. The molecule has 2 unspecified atom stereocenters. The second-order valence-electron chi connectivity index (χ2n) is 8.20. The van der Waals surface area contributed by atoms with Crippen LogP contribution in [0.4, 0.5) is 0 Å². The molecule has 2 aromatic carbocycles. The number of fused-ring (bicyclic) bond motifs is 1. The van der Waals surface area contributed by atoms with Crippen molar-refractivity contribution in [2.45, 2.75) is 51.2 Å². The molecule has 1 fully saturated rings. The first-order chi connectivity index (χ1) is 13.5. The third-order valence-corrected chi connectivity index (χ3v) is 5.94. The van der Waals surface area contributed by atoms with Crippen molar-refractivity contribution in [3.63, 3.8) is 0 Å². The van der Waals surface area contributed by atoms with Crippen molar-refractivity contribution in [1.82, 2.24) is 14.9 Å². The van der Waals surface area contributed by atoms with E-state index in [2.05, 4.69) is 45.2 Å². The van der Waals surface area contributed by atoms with Crippen LogP contribution in [0.25, 0.3) is 11.0 Å². The van der Waals surface area contributed by atoms with Crippen molar-refractivity contribution >= 4 is 41.8 Å². The lowest BCUT2D eigenvalue weighted by atomic mass is 9.74. The molecule has 0 spiro atoms. The average molecular weight is 449 g/mol. The Bertz CT molecular complexity index is 969. The second-order valence-corrected chi connectivity index (χ2v) is 8.20. The van der Waals surface area contributed by atoms with Crippen LogP contribution in [0.2, 0.25) is 0 Å². The van der Waals surface area contributed by atoms with Gasteiger partial charge in [-0.05, 0) is 43.0 Å². The van der Waals surface area contributed by atoms with Crippen molar-refractivity contribution in [2.24, 2.45) is 11.7 Å². The van der Waals surface area contributed by atoms with E-state index < -0.39 is 0 Å². The molecule has 5 nitrogen and oxygen atoms in total. The minimum atomic E-state index is -0.389. The number of benzene rings is 2. The van der Waals surface area contributed by atoms with Crippen LogP contribution in [0.15, 0.2) is 54.9 Å². The maximum absolute atomic E-state index is 12.6. The van der Waals surface area contributed by atoms with Crippen LogP contribution < -0.4 is 11.1 Å². The smallest absolute Gasteiger partial charge is 0.225 e. The van der Waals surface area contributed by atoms with Gasteiger partial charge < -0.3 is 15.6 Å². The minimum Gasteiger partial charge on any atom is -0.352 e. The van der Waals surface area contributed by atoms with E-state index >= 15 is 0 Å². The Morgan fingerprint density at radius 1 is 1.13 bits per heavy atom. The summed E-state index contributed by atoms with van der Waals surface area (Å²) in [6.07, 6.45) is 5.89. The summed E-state index contributed by atoms with van der Waals surface area (Å²) in [5, 5.41) is 3.08. The first-order valence-corrected chi connectivity index (χ1v) is 10.1. The van der Waals surface area contributed by atoms with Gasteiger partial charge in [0.2, 0.25) is 5.91 Å². The van der Waals surface area contributed by atoms with Gasteiger partial charge in [-0.15, -0.1) is 24.8 Å². The highest BCUT2D eigenvalue weighted by Crippen LogP contribution is 2.31. The average Bonchev–Trinajstić information content (AvgIpc) is 3.10. The number of para-hydroxylation sites is 2. The number of hydrogen-bond acceptors (Lipinski definition) is 3. The van der Waals surface area contributed by atoms with Crippen LogP contribution in [0.3, 0.4) is 0 Å². The molecular weight excluding hydrogens is 419 g/mol. The maximum atomic E-state index is 12.6. The van der Waals surface area contributed by atoms with E-state index in [4.69, 9.17) is 5.73 Å². The van der Waals surface area contributed by atoms with Crippen LogP contribution in [-0.2, 0) is 17.9 Å². The van der Waals surface area contributed by atoms with E-state index in [1.807, 2.05) is 31.5 Å². The summed E-state index contributed by atoms with van der Waals surface area (Å²) in [7, 11) is 0. The molecule has 1 amide bonds. The quantitative estimate of drug-likeness (QED) is 0.605. The van der Waals surface area contributed by atoms with Crippen molar-refractivity contribution in [2.75, 3.05) is 0 Å². The summed E-state index contributed by atoms with van der Waals surface area (Å²) >= 11 is 0. The van der Waals surface area contributed by atoms with Gasteiger partial charge in [0.1, 0.15) is 0 Å². The molecule has 1 aliphatic rings. The van der Waals surface area contributed by atoms with E-state index in [0.29, 0.717) is 6.54 Å². The molecule has 0 saturated heterocycles. The highest BCUT2D eigenvalue weighted by atomic mass is 35.5. The number of hydrogen-bond donors (Lipinski definition) is 2. The molecule has 3 N–H and O–H groups in total. The summed E-state index contributed by atoms with van der Waals surface area (Å²) < 4.78 is 2.15. The Kier molecular flexibility index (Phi) is 8.30. The van der Waals surface area contributed by atoms with E-state index in [1.54, 1.807) is 0 Å². The largest absolute Gasteiger partial charge is 0.352 e. The molecular formula is C23H30Cl2N4O. The fourth-order valence-electron chi connectivity index (χ4n) is 4.20. The molecule has 162 valence electrons. The van der Waals surface area contributed by atoms with Gasteiger partial charge >= 0.3 is 0 Å². The van der Waals surface area contributed by atoms with Gasteiger partial charge in [0.15, 0.2) is 0 Å². The lowest BCUT2D eigenvalue weighted by Crippen LogP contribution is -2.52. The van der Waals surface area contributed by atoms with Gasteiger partial charge in [-0.3, -0.25) is 4.79 Å². The maximum Gasteiger partial charge on any atom is 0.225 e. The summed E-state index contributed by atoms with van der Waals surface area (Å²) in [6, 6.07) is 16.5. The third-order valence-electron chi connectivity index (χ3n) is 5.94. The first kappa shape index (κ1) is 24.2. The molecule has 1 heterocycles. The molecule has 4 rings (SSSR count). The molecule has 0 bridgehead atoms. The van der Waals surface area contributed by atoms with E-state index in [-0.39, 0.29) is 42.2 Å². The van der Waals surface area contributed by atoms with Gasteiger partial charge in [0, 0.05) is 18.6 Å². The Morgan fingerprint density at radius 3 is 2.57 bits per heavy atom. The number of aromatic nitrogens is 2. The molecule has 1 aromatic heterocycles. The van der Waals surface area contributed by atoms with E-state index in [9.17, 15) is 4.79 Å². The van der Waals surface area contributed by atoms with E-state index in [1.165, 1.54) is 5.56 Å². The SMILES string of the molecule is CC1(N)CCCCC1C(=O)NCc1ccc(Cn2cnc3ccccc32)cc1.Cl.Cl. The number of carbonyl (C=O) groups is 1. The van der Waals surface area contributed by atoms with Crippen LogP contribution >= 0.6 is 24.8 Å². The van der Waals surface area contributed by atoms with Gasteiger partial charge in [0.05, 0.1) is 23.3 Å². The lowest BCUT2D eigenvalue weighted by molar-refractivity contribution is -0.128. The molecule has 1 saturated carbocycles. The molecule has 7 heteroatoms. The number of nitrogens with one attached hydrogen (secondary N) is 1. The topological polar surface area (TPSA) is 72.9 Å². The fourth-order valence-corrected chi connectivity index (χ4v) is 4.20. The van der Waals surface area contributed by atoms with Crippen molar-refractivity contribution in [1.29, 1.82) is 0 Å². The monoisotopic (exact) mass is 448 g/mol. The zero-order valence-electron chi connectivity index (χ0n) is 17.2. The Morgan fingerprint density at radius 2 is 1.83 bits per heavy atom. The molecule has 1 aliphatic carbocycles. The molecule has 0 aliphatic heterocycles. The summed E-state index contributed by atoms with van der Waals surface area (Å²) in [6.45, 7) is 3.32. The lowest BCUT2D eigenvalue weighted by Gasteiger charge is -2.37. The first-order valence-electron chi connectivity index (χ1n) is 10.1. The van der Waals surface area contributed by atoms with Crippen molar-refractivity contribution in [3.8, 4) is 0 Å². The number of nitrogens with zero attached hydrogens (tertiary/aromatic N) is 2. The Balaban J connectivity index is 0.00000160. The second kappa shape index (κ2) is 10.3. The highest BCUT2D eigenvalue weighted by Gasteiger charge is 2.37. The van der Waals surface area contributed by atoms with E-state index in [0.717, 1.165) is 48.8 Å².